The number of fused-ring (bicyclic) bond motifs is 1. The summed E-state index contributed by atoms with van der Waals surface area (Å²) in [6.07, 6.45) is 8.52. The van der Waals surface area contributed by atoms with Gasteiger partial charge in [0.05, 0.1) is 11.7 Å². The molecule has 0 aliphatic heterocycles. The van der Waals surface area contributed by atoms with Gasteiger partial charge in [0.15, 0.2) is 0 Å². The molecule has 90 valence electrons. The molecule has 4 nitrogen and oxygen atoms in total. The lowest BCUT2D eigenvalue weighted by atomic mass is 10.3. The zero-order chi connectivity index (χ0) is 11.7. The maximum absolute atomic E-state index is 4.72. The summed E-state index contributed by atoms with van der Waals surface area (Å²) in [7, 11) is 1.99. The second-order valence-corrected chi connectivity index (χ2v) is 4.70. The number of hydrogen-bond donors (Lipinski definition) is 1. The summed E-state index contributed by atoms with van der Waals surface area (Å²) in [6.45, 7) is 1.05. The molecule has 1 aliphatic carbocycles. The van der Waals surface area contributed by atoms with E-state index in [0.29, 0.717) is 6.04 Å². The first kappa shape index (κ1) is 10.7. The largest absolute Gasteiger partial charge is 0.325 e. The summed E-state index contributed by atoms with van der Waals surface area (Å²) in [5.74, 6) is 1.23. The van der Waals surface area contributed by atoms with Crippen molar-refractivity contribution in [3.05, 3.63) is 24.3 Å². The highest BCUT2D eigenvalue weighted by Gasteiger charge is 2.27. The van der Waals surface area contributed by atoms with Gasteiger partial charge in [-0.05, 0) is 38.9 Å². The number of pyridine rings is 1. The molecule has 0 aromatic carbocycles. The molecular formula is C13H18N4. The van der Waals surface area contributed by atoms with Crippen LogP contribution in [0.2, 0.25) is 0 Å². The first-order chi connectivity index (χ1) is 8.40. The van der Waals surface area contributed by atoms with E-state index in [9.17, 15) is 0 Å². The zero-order valence-corrected chi connectivity index (χ0v) is 10.2. The highest BCUT2D eigenvalue weighted by atomic mass is 15.1. The molecule has 0 amide bonds. The minimum absolute atomic E-state index is 0.687. The molecule has 17 heavy (non-hydrogen) atoms. The summed E-state index contributed by atoms with van der Waals surface area (Å²) in [6, 6.07) is 2.77. The van der Waals surface area contributed by atoms with E-state index in [4.69, 9.17) is 4.98 Å². The third kappa shape index (κ3) is 2.05. The highest BCUT2D eigenvalue weighted by Crippen LogP contribution is 2.38. The molecule has 2 aromatic rings. The van der Waals surface area contributed by atoms with E-state index in [1.54, 1.807) is 0 Å². The van der Waals surface area contributed by atoms with E-state index < -0.39 is 0 Å². The van der Waals surface area contributed by atoms with Gasteiger partial charge in [0.25, 0.3) is 0 Å². The van der Waals surface area contributed by atoms with E-state index in [1.165, 1.54) is 24.2 Å². The number of nitrogens with one attached hydrogen (secondary N) is 1. The lowest BCUT2D eigenvalue weighted by Gasteiger charge is -2.07. The van der Waals surface area contributed by atoms with Gasteiger partial charge < -0.3 is 9.88 Å². The van der Waals surface area contributed by atoms with Crippen LogP contribution < -0.4 is 5.32 Å². The van der Waals surface area contributed by atoms with Crippen molar-refractivity contribution in [2.75, 3.05) is 13.6 Å². The fraction of sp³-hybridized carbons (Fsp3) is 0.538. The molecule has 2 aromatic heterocycles. The van der Waals surface area contributed by atoms with Crippen LogP contribution in [-0.4, -0.2) is 28.1 Å². The number of aromatic nitrogens is 3. The fourth-order valence-electron chi connectivity index (χ4n) is 2.34. The van der Waals surface area contributed by atoms with Gasteiger partial charge in [0.2, 0.25) is 0 Å². The molecule has 4 heteroatoms. The van der Waals surface area contributed by atoms with Crippen LogP contribution in [0.1, 0.15) is 31.1 Å². The zero-order valence-electron chi connectivity index (χ0n) is 10.2. The number of aryl methyl sites for hydroxylation is 1. The first-order valence-corrected chi connectivity index (χ1v) is 6.35. The van der Waals surface area contributed by atoms with Crippen molar-refractivity contribution in [3.8, 4) is 0 Å². The van der Waals surface area contributed by atoms with Gasteiger partial charge in [-0.25, -0.2) is 4.98 Å². The van der Waals surface area contributed by atoms with Crippen LogP contribution in [-0.2, 0) is 6.42 Å². The standard InChI is InChI=1S/C13H18N4/c1-14-7-2-3-13-16-11-9-15-8-6-12(11)17(13)10-4-5-10/h6,8-10,14H,2-5,7H2,1H3. The third-order valence-corrected chi connectivity index (χ3v) is 3.30. The Hall–Kier alpha value is -1.42. The van der Waals surface area contributed by atoms with Crippen LogP contribution in [0.5, 0.6) is 0 Å². The normalized spacial score (nSPS) is 15.6. The van der Waals surface area contributed by atoms with Gasteiger partial charge in [-0.1, -0.05) is 0 Å². The van der Waals surface area contributed by atoms with Gasteiger partial charge in [-0.3, -0.25) is 4.98 Å². The summed E-state index contributed by atoms with van der Waals surface area (Å²) >= 11 is 0. The lowest BCUT2D eigenvalue weighted by Crippen LogP contribution is -2.10. The van der Waals surface area contributed by atoms with Crippen molar-refractivity contribution < 1.29 is 0 Å². The van der Waals surface area contributed by atoms with E-state index in [2.05, 4.69) is 20.9 Å². The van der Waals surface area contributed by atoms with E-state index >= 15 is 0 Å². The van der Waals surface area contributed by atoms with Crippen LogP contribution in [0.15, 0.2) is 18.5 Å². The topological polar surface area (TPSA) is 42.7 Å². The minimum Gasteiger partial charge on any atom is -0.325 e. The Labute approximate surface area is 101 Å². The Balaban J connectivity index is 1.95. The second-order valence-electron chi connectivity index (χ2n) is 4.70. The summed E-state index contributed by atoms with van der Waals surface area (Å²) in [5, 5.41) is 3.19. The Morgan fingerprint density at radius 3 is 3.12 bits per heavy atom. The van der Waals surface area contributed by atoms with Crippen LogP contribution in [0.25, 0.3) is 11.0 Å². The Bertz CT molecular complexity index is 513. The number of hydrogen-bond acceptors (Lipinski definition) is 3. The second kappa shape index (κ2) is 4.45. The summed E-state index contributed by atoms with van der Waals surface area (Å²) in [4.78, 5) is 8.87. The van der Waals surface area contributed by atoms with Crippen LogP contribution in [0.3, 0.4) is 0 Å². The SMILES string of the molecule is CNCCCc1nc2cnccc2n1C1CC1. The van der Waals surface area contributed by atoms with Gasteiger partial charge in [-0.15, -0.1) is 0 Å². The molecule has 1 aliphatic rings. The summed E-state index contributed by atoms with van der Waals surface area (Å²) < 4.78 is 2.42. The van der Waals surface area contributed by atoms with Crippen molar-refractivity contribution in [2.45, 2.75) is 31.7 Å². The van der Waals surface area contributed by atoms with Crippen molar-refractivity contribution >= 4 is 11.0 Å². The lowest BCUT2D eigenvalue weighted by molar-refractivity contribution is 0.649. The maximum atomic E-state index is 4.72. The molecule has 0 atom stereocenters. The van der Waals surface area contributed by atoms with E-state index in [1.807, 2.05) is 19.4 Å². The van der Waals surface area contributed by atoms with E-state index in [-0.39, 0.29) is 0 Å². The average Bonchev–Trinajstić information content (AvgIpc) is 3.11. The van der Waals surface area contributed by atoms with Gasteiger partial charge in [0, 0.05) is 18.7 Å². The molecule has 1 saturated carbocycles. The van der Waals surface area contributed by atoms with Gasteiger partial charge in [-0.2, -0.15) is 0 Å². The van der Waals surface area contributed by atoms with Crippen molar-refractivity contribution in [1.82, 2.24) is 19.9 Å². The van der Waals surface area contributed by atoms with Crippen LogP contribution in [0, 0.1) is 0 Å². The van der Waals surface area contributed by atoms with Crippen molar-refractivity contribution in [2.24, 2.45) is 0 Å². The van der Waals surface area contributed by atoms with Crippen LogP contribution in [0.4, 0.5) is 0 Å². The minimum atomic E-state index is 0.687. The van der Waals surface area contributed by atoms with Gasteiger partial charge >= 0.3 is 0 Å². The van der Waals surface area contributed by atoms with Crippen molar-refractivity contribution in [1.29, 1.82) is 0 Å². The van der Waals surface area contributed by atoms with E-state index in [0.717, 1.165) is 24.9 Å². The molecule has 0 bridgehead atoms. The third-order valence-electron chi connectivity index (χ3n) is 3.30. The molecule has 0 radical (unpaired) electrons. The molecule has 0 unspecified atom stereocenters. The Morgan fingerprint density at radius 2 is 2.35 bits per heavy atom. The fourth-order valence-corrected chi connectivity index (χ4v) is 2.34. The van der Waals surface area contributed by atoms with Crippen LogP contribution >= 0.6 is 0 Å². The first-order valence-electron chi connectivity index (χ1n) is 6.35. The highest BCUT2D eigenvalue weighted by molar-refractivity contribution is 5.75. The molecule has 1 fully saturated rings. The van der Waals surface area contributed by atoms with Crippen molar-refractivity contribution in [3.63, 3.8) is 0 Å². The molecule has 2 heterocycles. The Kier molecular flexibility index (Phi) is 2.81. The molecule has 0 spiro atoms. The Morgan fingerprint density at radius 1 is 1.47 bits per heavy atom. The van der Waals surface area contributed by atoms with Gasteiger partial charge in [0.1, 0.15) is 11.3 Å². The average molecular weight is 230 g/mol. The molecule has 1 N–H and O–H groups in total. The number of nitrogens with zero attached hydrogens (tertiary/aromatic N) is 3. The monoisotopic (exact) mass is 230 g/mol. The molecular weight excluding hydrogens is 212 g/mol. The number of rotatable bonds is 5. The molecule has 0 saturated heterocycles. The predicted molar refractivity (Wildman–Crippen MR) is 68.0 cm³/mol. The quantitative estimate of drug-likeness (QED) is 0.798. The molecule has 3 rings (SSSR count). The number of imidazole rings is 1. The predicted octanol–water partition coefficient (Wildman–Crippen LogP) is 1.92. The smallest absolute Gasteiger partial charge is 0.110 e. The maximum Gasteiger partial charge on any atom is 0.110 e. The summed E-state index contributed by atoms with van der Waals surface area (Å²) in [5.41, 5.74) is 2.29.